The first-order valence-corrected chi connectivity index (χ1v) is 8.73. The molecule has 0 aliphatic carbocycles. The molecule has 25 heavy (non-hydrogen) atoms. The van der Waals surface area contributed by atoms with Crippen LogP contribution < -0.4 is 0 Å². The highest BCUT2D eigenvalue weighted by atomic mass is 16.6. The number of likely N-dealkylation sites (tertiary alicyclic amines) is 2. The molecular weight excluding hydrogens is 320 g/mol. The van der Waals surface area contributed by atoms with Gasteiger partial charge in [-0.15, -0.1) is 0 Å². The van der Waals surface area contributed by atoms with Crippen molar-refractivity contribution in [1.29, 1.82) is 0 Å². The van der Waals surface area contributed by atoms with Crippen LogP contribution in [0.3, 0.4) is 0 Å². The molecule has 6 nitrogen and oxygen atoms in total. The molecule has 136 valence electrons. The minimum Gasteiger partial charge on any atom is -0.443 e. The molecule has 3 rings (SSSR count). The summed E-state index contributed by atoms with van der Waals surface area (Å²) in [5.74, 6) is -0.532. The summed E-state index contributed by atoms with van der Waals surface area (Å²) in [6.07, 6.45) is -0.652. The van der Waals surface area contributed by atoms with Crippen molar-refractivity contribution in [2.24, 2.45) is 11.8 Å². The second-order valence-corrected chi connectivity index (χ2v) is 7.89. The fraction of sp³-hybridized carbons (Fsp3) is 0.579. The number of amides is 2. The van der Waals surface area contributed by atoms with E-state index in [0.717, 1.165) is 11.4 Å². The Hall–Kier alpha value is -1.92. The number of hydrogen-bond acceptors (Lipinski definition) is 5. The number of rotatable bonds is 3. The lowest BCUT2D eigenvalue weighted by molar-refractivity contribution is -0.131. The number of benzene rings is 1. The molecule has 2 aliphatic heterocycles. The van der Waals surface area contributed by atoms with Crippen LogP contribution in [0.4, 0.5) is 4.79 Å². The highest BCUT2D eigenvalue weighted by molar-refractivity contribution is 5.96. The molecule has 2 amide bonds. The highest BCUT2D eigenvalue weighted by Gasteiger charge is 2.55. The fourth-order valence-electron chi connectivity index (χ4n) is 3.82. The average molecular weight is 346 g/mol. The lowest BCUT2D eigenvalue weighted by Gasteiger charge is -2.29. The average Bonchev–Trinajstić information content (AvgIpc) is 3.04. The second kappa shape index (κ2) is 6.77. The lowest BCUT2D eigenvalue weighted by atomic mass is 9.94. The van der Waals surface area contributed by atoms with Gasteiger partial charge in [0.25, 0.3) is 0 Å². The molecule has 0 radical (unpaired) electrons. The summed E-state index contributed by atoms with van der Waals surface area (Å²) >= 11 is 0. The summed E-state index contributed by atoms with van der Waals surface area (Å²) < 4.78 is 5.35. The Kier molecular flexibility index (Phi) is 4.84. The first kappa shape index (κ1) is 17.9. The van der Waals surface area contributed by atoms with Gasteiger partial charge in [-0.25, -0.2) is 9.69 Å². The predicted molar refractivity (Wildman–Crippen MR) is 92.7 cm³/mol. The third-order valence-electron chi connectivity index (χ3n) is 4.85. The highest BCUT2D eigenvalue weighted by Crippen LogP contribution is 2.38. The van der Waals surface area contributed by atoms with E-state index in [0.29, 0.717) is 13.1 Å². The molecule has 1 aromatic carbocycles. The van der Waals surface area contributed by atoms with Crippen LogP contribution in [0, 0.1) is 11.8 Å². The van der Waals surface area contributed by atoms with Crippen molar-refractivity contribution >= 4 is 12.0 Å². The molecule has 0 spiro atoms. The summed E-state index contributed by atoms with van der Waals surface area (Å²) in [6.45, 7) is 7.13. The number of aliphatic hydroxyl groups excluding tert-OH is 1. The van der Waals surface area contributed by atoms with Crippen LogP contribution in [0.2, 0.25) is 0 Å². The zero-order valence-electron chi connectivity index (χ0n) is 15.0. The van der Waals surface area contributed by atoms with E-state index in [1.807, 2.05) is 18.2 Å². The Morgan fingerprint density at radius 2 is 1.92 bits per heavy atom. The van der Waals surface area contributed by atoms with Gasteiger partial charge in [0.05, 0.1) is 18.6 Å². The molecule has 1 N–H and O–H groups in total. The number of ether oxygens (including phenoxy) is 1. The number of fused-ring (bicyclic) bond motifs is 1. The molecule has 2 heterocycles. The normalized spacial score (nSPS) is 26.8. The molecule has 0 bridgehead atoms. The Bertz CT molecular complexity index is 641. The number of carbonyl (C=O) groups is 2. The number of imide groups is 1. The van der Waals surface area contributed by atoms with Gasteiger partial charge >= 0.3 is 6.09 Å². The molecule has 1 aromatic rings. The van der Waals surface area contributed by atoms with Crippen molar-refractivity contribution in [3.63, 3.8) is 0 Å². The summed E-state index contributed by atoms with van der Waals surface area (Å²) in [4.78, 5) is 28.5. The van der Waals surface area contributed by atoms with E-state index < -0.39 is 17.7 Å². The Labute approximate surface area is 148 Å². The third-order valence-corrected chi connectivity index (χ3v) is 4.85. The molecule has 2 fully saturated rings. The van der Waals surface area contributed by atoms with Gasteiger partial charge in [0.1, 0.15) is 5.60 Å². The van der Waals surface area contributed by atoms with Crippen LogP contribution in [0.1, 0.15) is 26.3 Å². The van der Waals surface area contributed by atoms with E-state index in [4.69, 9.17) is 4.74 Å². The van der Waals surface area contributed by atoms with E-state index in [1.165, 1.54) is 5.56 Å². The molecule has 3 atom stereocenters. The fourth-order valence-corrected chi connectivity index (χ4v) is 3.82. The van der Waals surface area contributed by atoms with Crippen LogP contribution in [-0.2, 0) is 16.1 Å². The van der Waals surface area contributed by atoms with Gasteiger partial charge in [0.15, 0.2) is 0 Å². The topological polar surface area (TPSA) is 70.1 Å². The zero-order valence-corrected chi connectivity index (χ0v) is 15.0. The molecule has 0 saturated carbocycles. The maximum atomic E-state index is 12.8. The molecule has 2 saturated heterocycles. The monoisotopic (exact) mass is 346 g/mol. The molecule has 6 heteroatoms. The van der Waals surface area contributed by atoms with E-state index in [2.05, 4.69) is 17.0 Å². The smallest absolute Gasteiger partial charge is 0.417 e. The first-order valence-electron chi connectivity index (χ1n) is 8.73. The summed E-state index contributed by atoms with van der Waals surface area (Å²) in [7, 11) is 0. The standard InChI is InChI=1S/C19H26N2O4/c1-19(2,3)25-18(24)21-16(12-22)14-10-20(11-15(14)17(21)23)9-13-7-5-4-6-8-13/h4-8,14-16,22H,9-12H2,1-3H3/t14-,15+,16+/m0/s1. The number of hydrogen-bond donors (Lipinski definition) is 1. The first-order chi connectivity index (χ1) is 11.8. The van der Waals surface area contributed by atoms with E-state index in [1.54, 1.807) is 20.8 Å². The van der Waals surface area contributed by atoms with E-state index in [-0.39, 0.29) is 24.3 Å². The summed E-state index contributed by atoms with van der Waals surface area (Å²) in [5.41, 5.74) is 0.522. The minimum atomic E-state index is -0.672. The van der Waals surface area contributed by atoms with Gasteiger partial charge in [0.2, 0.25) is 5.91 Å². The molecular formula is C19H26N2O4. The van der Waals surface area contributed by atoms with Crippen molar-refractivity contribution in [2.75, 3.05) is 19.7 Å². The Balaban J connectivity index is 1.70. The lowest BCUT2D eigenvalue weighted by Crippen LogP contribution is -2.47. The van der Waals surface area contributed by atoms with Gasteiger partial charge < -0.3 is 9.84 Å². The molecule has 0 unspecified atom stereocenters. The SMILES string of the molecule is CC(C)(C)OC(=O)N1C(=O)[C@@H]2CN(Cc3ccccc3)C[C@@H]2[C@H]1CO. The van der Waals surface area contributed by atoms with Gasteiger partial charge in [-0.3, -0.25) is 9.69 Å². The molecule has 0 aromatic heterocycles. The van der Waals surface area contributed by atoms with Gasteiger partial charge in [-0.05, 0) is 26.3 Å². The van der Waals surface area contributed by atoms with Crippen molar-refractivity contribution in [1.82, 2.24) is 9.80 Å². The summed E-state index contributed by atoms with van der Waals surface area (Å²) in [6, 6.07) is 9.59. The van der Waals surface area contributed by atoms with Crippen LogP contribution in [0.5, 0.6) is 0 Å². The van der Waals surface area contributed by atoms with Gasteiger partial charge in [0, 0.05) is 25.6 Å². The predicted octanol–water partition coefficient (Wildman–Crippen LogP) is 1.87. The van der Waals surface area contributed by atoms with Gasteiger partial charge in [-0.1, -0.05) is 30.3 Å². The zero-order chi connectivity index (χ0) is 18.2. The maximum Gasteiger partial charge on any atom is 0.417 e. The van der Waals surface area contributed by atoms with Crippen molar-refractivity contribution < 1.29 is 19.4 Å². The molecule has 2 aliphatic rings. The van der Waals surface area contributed by atoms with Crippen molar-refractivity contribution in [3.05, 3.63) is 35.9 Å². The summed E-state index contributed by atoms with van der Waals surface area (Å²) in [5, 5.41) is 9.80. The van der Waals surface area contributed by atoms with Gasteiger partial charge in [-0.2, -0.15) is 0 Å². The quantitative estimate of drug-likeness (QED) is 0.905. The van der Waals surface area contributed by atoms with Crippen LogP contribution in [0.15, 0.2) is 30.3 Å². The number of carbonyl (C=O) groups excluding carboxylic acids is 2. The minimum absolute atomic E-state index is 0.0475. The number of nitrogens with zero attached hydrogens (tertiary/aromatic N) is 2. The van der Waals surface area contributed by atoms with Crippen molar-refractivity contribution in [2.45, 2.75) is 39.0 Å². The Morgan fingerprint density at radius 1 is 1.24 bits per heavy atom. The Morgan fingerprint density at radius 3 is 2.52 bits per heavy atom. The van der Waals surface area contributed by atoms with Crippen LogP contribution in [-0.4, -0.2) is 58.2 Å². The second-order valence-electron chi connectivity index (χ2n) is 7.89. The maximum absolute atomic E-state index is 12.8. The largest absolute Gasteiger partial charge is 0.443 e. The number of aliphatic hydroxyl groups is 1. The van der Waals surface area contributed by atoms with E-state index in [9.17, 15) is 14.7 Å². The van der Waals surface area contributed by atoms with Crippen LogP contribution in [0.25, 0.3) is 0 Å². The third kappa shape index (κ3) is 3.70. The van der Waals surface area contributed by atoms with Crippen LogP contribution >= 0.6 is 0 Å². The van der Waals surface area contributed by atoms with E-state index >= 15 is 0 Å². The van der Waals surface area contributed by atoms with Crippen molar-refractivity contribution in [3.8, 4) is 0 Å².